The molecule has 1 saturated carbocycles. The highest BCUT2D eigenvalue weighted by Gasteiger charge is 2.44. The average molecular weight is 585 g/mol. The quantitative estimate of drug-likeness (QED) is 0.460. The highest BCUT2D eigenvalue weighted by molar-refractivity contribution is 6.36. The van der Waals surface area contributed by atoms with Crippen LogP contribution in [0.4, 0.5) is 5.69 Å². The molecule has 2 unspecified atom stereocenters. The molecule has 4 aliphatic heterocycles. The number of hydrogen-bond acceptors (Lipinski definition) is 7. The monoisotopic (exact) mass is 584 g/mol. The van der Waals surface area contributed by atoms with E-state index in [-0.39, 0.29) is 30.2 Å². The van der Waals surface area contributed by atoms with Crippen LogP contribution in [-0.2, 0) is 16.0 Å². The summed E-state index contributed by atoms with van der Waals surface area (Å²) in [7, 11) is 0. The number of nitrogens with one attached hydrogen (secondary N) is 2. The summed E-state index contributed by atoms with van der Waals surface area (Å²) in [4.78, 5) is 33.7. The van der Waals surface area contributed by atoms with Gasteiger partial charge < -0.3 is 29.4 Å². The number of aromatic nitrogens is 1. The number of H-pyrrole nitrogens is 1. The Morgan fingerprint density at radius 2 is 1.85 bits per heavy atom. The van der Waals surface area contributed by atoms with Crippen molar-refractivity contribution in [3.8, 4) is 5.75 Å². The van der Waals surface area contributed by atoms with Crippen LogP contribution in [0.15, 0.2) is 23.0 Å². The fourth-order valence-corrected chi connectivity index (χ4v) is 7.13. The van der Waals surface area contributed by atoms with Gasteiger partial charge in [0.2, 0.25) is 0 Å². The zero-order valence-electron chi connectivity index (χ0n) is 24.2. The van der Waals surface area contributed by atoms with E-state index in [9.17, 15) is 9.59 Å². The summed E-state index contributed by atoms with van der Waals surface area (Å²) >= 11 is 6.98. The van der Waals surface area contributed by atoms with Gasteiger partial charge in [0.1, 0.15) is 11.9 Å². The third-order valence-corrected chi connectivity index (χ3v) is 9.55. The summed E-state index contributed by atoms with van der Waals surface area (Å²) in [5, 5.41) is 3.33. The Balaban J connectivity index is 1.21. The van der Waals surface area contributed by atoms with Crippen molar-refractivity contribution in [1.82, 2.24) is 15.2 Å². The number of carbonyl (C=O) groups excluding carboxylic acids is 1. The number of benzene rings is 1. The first-order valence-electron chi connectivity index (χ1n) is 15.0. The van der Waals surface area contributed by atoms with Crippen molar-refractivity contribution in [1.29, 1.82) is 0 Å². The van der Waals surface area contributed by atoms with Crippen LogP contribution >= 0.6 is 11.6 Å². The number of morpholine rings is 1. The molecule has 41 heavy (non-hydrogen) atoms. The zero-order valence-corrected chi connectivity index (χ0v) is 25.0. The van der Waals surface area contributed by atoms with E-state index < -0.39 is 0 Å². The molecule has 222 valence electrons. The average Bonchev–Trinajstić information content (AvgIpc) is 2.91. The molecule has 5 heterocycles. The molecule has 2 atom stereocenters. The number of amides is 1. The summed E-state index contributed by atoms with van der Waals surface area (Å²) in [5.41, 5.74) is 3.12. The highest BCUT2D eigenvalue weighted by atomic mass is 35.5. The van der Waals surface area contributed by atoms with Gasteiger partial charge in [0.05, 0.1) is 28.5 Å². The summed E-state index contributed by atoms with van der Waals surface area (Å²) in [5.74, 6) is 0.320. The second kappa shape index (κ2) is 12.0. The van der Waals surface area contributed by atoms with Gasteiger partial charge in [-0.15, -0.1) is 0 Å². The number of fused-ring (bicyclic) bond motifs is 2. The number of aryl methyl sites for hydroxylation is 2. The summed E-state index contributed by atoms with van der Waals surface area (Å²) in [6.45, 7) is 10.1. The van der Waals surface area contributed by atoms with Crippen molar-refractivity contribution in [3.63, 3.8) is 0 Å². The minimum absolute atomic E-state index is 0.0935. The number of piperidine rings is 1. The lowest BCUT2D eigenvalue weighted by Gasteiger charge is -2.52. The van der Waals surface area contributed by atoms with Crippen LogP contribution in [0.1, 0.15) is 66.2 Å². The van der Waals surface area contributed by atoms with Gasteiger partial charge in [-0.25, -0.2) is 0 Å². The van der Waals surface area contributed by atoms with E-state index in [0.29, 0.717) is 53.4 Å². The van der Waals surface area contributed by atoms with E-state index >= 15 is 0 Å². The topological polar surface area (TPSA) is 96.1 Å². The first-order valence-corrected chi connectivity index (χ1v) is 15.4. The van der Waals surface area contributed by atoms with Gasteiger partial charge in [-0.3, -0.25) is 14.5 Å². The molecule has 7 rings (SSSR count). The number of anilines is 1. The molecule has 2 bridgehead atoms. The summed E-state index contributed by atoms with van der Waals surface area (Å²) < 4.78 is 17.9. The van der Waals surface area contributed by atoms with Crippen LogP contribution in [0.5, 0.6) is 5.75 Å². The maximum Gasteiger partial charge on any atom is 0.253 e. The third kappa shape index (κ3) is 6.00. The first-order chi connectivity index (χ1) is 19.8. The van der Waals surface area contributed by atoms with E-state index in [1.54, 1.807) is 6.07 Å². The smallest absolute Gasteiger partial charge is 0.253 e. The van der Waals surface area contributed by atoms with Crippen LogP contribution in [0.25, 0.3) is 0 Å². The number of pyridine rings is 1. The van der Waals surface area contributed by atoms with Crippen molar-refractivity contribution >= 4 is 23.2 Å². The molecule has 2 aromatic rings. The Hall–Kier alpha value is -2.59. The van der Waals surface area contributed by atoms with Crippen molar-refractivity contribution in [2.24, 2.45) is 0 Å². The second-order valence-corrected chi connectivity index (χ2v) is 12.4. The van der Waals surface area contributed by atoms with Gasteiger partial charge in [0.15, 0.2) is 0 Å². The maximum atomic E-state index is 13.6. The number of carbonyl (C=O) groups is 1. The Labute approximate surface area is 246 Å². The number of ether oxygens (including phenoxy) is 3. The lowest BCUT2D eigenvalue weighted by molar-refractivity contribution is -0.196. The van der Waals surface area contributed by atoms with Crippen LogP contribution in [0.2, 0.25) is 5.02 Å². The molecule has 0 radical (unpaired) electrons. The largest absolute Gasteiger partial charge is 0.490 e. The molecule has 0 spiro atoms. The van der Waals surface area contributed by atoms with Crippen molar-refractivity contribution < 1.29 is 19.0 Å². The van der Waals surface area contributed by atoms with Crippen LogP contribution < -0.4 is 20.5 Å². The second-order valence-electron chi connectivity index (χ2n) is 12.0. The lowest BCUT2D eigenvalue weighted by Crippen LogP contribution is -2.62. The fraction of sp³-hybridized carbons (Fsp3) is 0.613. The molecule has 1 aromatic heterocycles. The summed E-state index contributed by atoms with van der Waals surface area (Å²) in [6, 6.07) is 6.44. The minimum Gasteiger partial charge on any atom is -0.490 e. The predicted octanol–water partition coefficient (Wildman–Crippen LogP) is 3.96. The van der Waals surface area contributed by atoms with Gasteiger partial charge in [0.25, 0.3) is 11.5 Å². The van der Waals surface area contributed by atoms with Gasteiger partial charge in [-0.05, 0) is 51.3 Å². The molecule has 5 fully saturated rings. The number of hydrogen-bond donors (Lipinski definition) is 2. The molecule has 5 aliphatic rings. The van der Waals surface area contributed by atoms with Gasteiger partial charge >= 0.3 is 0 Å². The fourth-order valence-electron chi connectivity index (χ4n) is 6.82. The molecule has 2 N–H and O–H groups in total. The van der Waals surface area contributed by atoms with E-state index in [1.807, 2.05) is 26.0 Å². The molecule has 1 aromatic carbocycles. The lowest BCUT2D eigenvalue weighted by atomic mass is 9.85. The summed E-state index contributed by atoms with van der Waals surface area (Å²) in [6.07, 6.45) is 5.82. The van der Waals surface area contributed by atoms with E-state index in [1.165, 1.54) is 6.42 Å². The molecular weight excluding hydrogens is 544 g/mol. The van der Waals surface area contributed by atoms with Gasteiger partial charge in [-0.2, -0.15) is 0 Å². The number of nitrogens with zero attached hydrogens (tertiary/aromatic N) is 2. The number of aromatic amines is 1. The maximum absolute atomic E-state index is 13.6. The van der Waals surface area contributed by atoms with E-state index in [2.05, 4.69) is 27.0 Å². The third-order valence-electron chi connectivity index (χ3n) is 9.15. The van der Waals surface area contributed by atoms with Crippen molar-refractivity contribution in [3.05, 3.63) is 56.0 Å². The molecular formula is C31H41ClN4O5. The van der Waals surface area contributed by atoms with Crippen LogP contribution in [-0.4, -0.2) is 79.0 Å². The number of rotatable bonds is 9. The van der Waals surface area contributed by atoms with Gasteiger partial charge in [0, 0.05) is 88.1 Å². The zero-order chi connectivity index (χ0) is 28.7. The Morgan fingerprint density at radius 1 is 1.15 bits per heavy atom. The first kappa shape index (κ1) is 28.5. The van der Waals surface area contributed by atoms with Crippen LogP contribution in [0, 0.1) is 13.8 Å². The van der Waals surface area contributed by atoms with E-state index in [0.717, 1.165) is 62.3 Å². The SMILES string of the molecule is CCN(c1cc(OC2CC(N3CC4CC(C3)O4)C2)cc(C(=O)NCc2c(C)cc(C)[nH]c2=O)c1Cl)C1CCOCC1. The highest BCUT2D eigenvalue weighted by Crippen LogP contribution is 2.40. The number of halogens is 1. The van der Waals surface area contributed by atoms with Crippen LogP contribution in [0.3, 0.4) is 0 Å². The Bertz CT molecular complexity index is 1320. The minimum atomic E-state index is -0.330. The van der Waals surface area contributed by atoms with Crippen molar-refractivity contribution in [2.45, 2.75) is 89.8 Å². The van der Waals surface area contributed by atoms with Gasteiger partial charge in [-0.1, -0.05) is 11.6 Å². The standard InChI is InChI=1S/C31H41ClN4O5/c1-4-36(20-5-7-39-8-6-20)28-14-23(40-22-10-21(11-22)35-16-24-12-25(17-35)41-24)13-26(29(28)32)30(37)33-15-27-18(2)9-19(3)34-31(27)38/h9,13-14,20-22,24-25H,4-8,10-12,15-17H2,1-3H3,(H,33,37)(H,34,38). The Kier molecular flexibility index (Phi) is 8.32. The molecule has 10 heteroatoms. The Morgan fingerprint density at radius 3 is 2.51 bits per heavy atom. The van der Waals surface area contributed by atoms with Crippen molar-refractivity contribution in [2.75, 3.05) is 37.7 Å². The predicted molar refractivity (Wildman–Crippen MR) is 158 cm³/mol. The molecule has 1 amide bonds. The van der Waals surface area contributed by atoms with E-state index in [4.69, 9.17) is 25.8 Å². The normalized spacial score (nSPS) is 26.1. The molecule has 1 aliphatic carbocycles. The molecule has 4 saturated heterocycles. The molecule has 9 nitrogen and oxygen atoms in total.